The van der Waals surface area contributed by atoms with E-state index in [1.807, 2.05) is 36.9 Å². The summed E-state index contributed by atoms with van der Waals surface area (Å²) in [5, 5.41) is 10.5. The monoisotopic (exact) mass is 611 g/mol. The minimum absolute atomic E-state index is 0.659. The van der Waals surface area contributed by atoms with Gasteiger partial charge in [-0.05, 0) is 51.4 Å². The Bertz CT molecular complexity index is 2900. The first-order valence-corrected chi connectivity index (χ1v) is 16.0. The van der Waals surface area contributed by atoms with E-state index in [0.717, 1.165) is 66.0 Å². The number of pyridine rings is 3. The summed E-state index contributed by atoms with van der Waals surface area (Å²) >= 11 is 0. The van der Waals surface area contributed by atoms with Gasteiger partial charge in [0.15, 0.2) is 5.82 Å². The van der Waals surface area contributed by atoms with Crippen molar-refractivity contribution in [3.8, 4) is 33.8 Å². The van der Waals surface area contributed by atoms with Crippen molar-refractivity contribution in [3.05, 3.63) is 152 Å². The van der Waals surface area contributed by atoms with Crippen molar-refractivity contribution in [1.29, 1.82) is 0 Å². The van der Waals surface area contributed by atoms with E-state index in [1.165, 1.54) is 26.9 Å². The number of fused-ring (bicyclic) bond motifs is 11. The first kappa shape index (κ1) is 26.6. The van der Waals surface area contributed by atoms with Crippen LogP contribution < -0.4 is 0 Å². The van der Waals surface area contributed by atoms with Gasteiger partial charge in [0.2, 0.25) is 0 Å². The number of rotatable bonds is 3. The van der Waals surface area contributed by atoms with Crippen LogP contribution in [0.5, 0.6) is 0 Å². The SMILES string of the molecule is c1cc(-c2ncc(-c3ccnc4c3ccc3cccnc34)cn2)cc(-c2nc3ccccc3c3c4ccccc4c4ccccc4c23)c1. The molecule has 5 nitrogen and oxygen atoms in total. The Balaban J connectivity index is 1.14. The van der Waals surface area contributed by atoms with Crippen molar-refractivity contribution in [3.63, 3.8) is 0 Å². The maximum absolute atomic E-state index is 5.32. The van der Waals surface area contributed by atoms with Crippen molar-refractivity contribution in [1.82, 2.24) is 24.9 Å². The average molecular weight is 612 g/mol. The van der Waals surface area contributed by atoms with Crippen molar-refractivity contribution in [2.45, 2.75) is 0 Å². The fourth-order valence-electron chi connectivity index (χ4n) is 7.26. The van der Waals surface area contributed by atoms with E-state index in [1.54, 1.807) is 0 Å². The molecule has 0 unspecified atom stereocenters. The molecule has 0 atom stereocenters. The molecule has 48 heavy (non-hydrogen) atoms. The molecular weight excluding hydrogens is 587 g/mol. The van der Waals surface area contributed by atoms with Gasteiger partial charge in [-0.1, -0.05) is 103 Å². The maximum Gasteiger partial charge on any atom is 0.159 e. The highest BCUT2D eigenvalue weighted by Crippen LogP contribution is 2.43. The summed E-state index contributed by atoms with van der Waals surface area (Å²) in [5.74, 6) is 0.659. The predicted molar refractivity (Wildman–Crippen MR) is 197 cm³/mol. The van der Waals surface area contributed by atoms with Gasteiger partial charge in [-0.25, -0.2) is 15.0 Å². The van der Waals surface area contributed by atoms with Crippen LogP contribution in [-0.2, 0) is 0 Å². The third-order valence-electron chi connectivity index (χ3n) is 9.42. The van der Waals surface area contributed by atoms with Gasteiger partial charge in [0.1, 0.15) is 0 Å². The van der Waals surface area contributed by atoms with E-state index in [-0.39, 0.29) is 0 Å². The third-order valence-corrected chi connectivity index (χ3v) is 9.42. The minimum Gasteiger partial charge on any atom is -0.254 e. The molecule has 10 aromatic rings. The Morgan fingerprint density at radius 3 is 1.90 bits per heavy atom. The topological polar surface area (TPSA) is 64.5 Å². The Morgan fingerprint density at radius 2 is 1.08 bits per heavy atom. The first-order valence-electron chi connectivity index (χ1n) is 16.0. The Morgan fingerprint density at radius 1 is 0.396 bits per heavy atom. The Hall–Kier alpha value is -6.59. The molecule has 0 aliphatic rings. The van der Waals surface area contributed by atoms with Crippen LogP contribution in [0.2, 0.25) is 0 Å². The first-order chi connectivity index (χ1) is 23.8. The number of para-hydroxylation sites is 1. The van der Waals surface area contributed by atoms with Crippen LogP contribution in [0.25, 0.3) is 98.8 Å². The number of nitrogens with zero attached hydrogens (tertiary/aromatic N) is 5. The Labute approximate surface area is 275 Å². The second-order valence-corrected chi connectivity index (χ2v) is 12.1. The lowest BCUT2D eigenvalue weighted by Crippen LogP contribution is -1.94. The zero-order valence-corrected chi connectivity index (χ0v) is 25.7. The highest BCUT2D eigenvalue weighted by Gasteiger charge is 2.18. The van der Waals surface area contributed by atoms with E-state index in [2.05, 4.69) is 125 Å². The number of benzene rings is 6. The zero-order valence-electron chi connectivity index (χ0n) is 25.7. The zero-order chi connectivity index (χ0) is 31.6. The lowest BCUT2D eigenvalue weighted by Gasteiger charge is -2.16. The summed E-state index contributed by atoms with van der Waals surface area (Å²) in [6.07, 6.45) is 7.44. The van der Waals surface area contributed by atoms with Gasteiger partial charge in [-0.2, -0.15) is 0 Å². The van der Waals surface area contributed by atoms with E-state index in [0.29, 0.717) is 5.82 Å². The van der Waals surface area contributed by atoms with Crippen molar-refractivity contribution in [2.24, 2.45) is 0 Å². The van der Waals surface area contributed by atoms with E-state index in [4.69, 9.17) is 15.0 Å². The van der Waals surface area contributed by atoms with Gasteiger partial charge in [0.05, 0.1) is 22.2 Å². The van der Waals surface area contributed by atoms with Crippen molar-refractivity contribution < 1.29 is 0 Å². The summed E-state index contributed by atoms with van der Waals surface area (Å²) in [4.78, 5) is 24.3. The molecule has 0 aliphatic heterocycles. The average Bonchev–Trinajstić information content (AvgIpc) is 3.17. The van der Waals surface area contributed by atoms with Gasteiger partial charge in [0, 0.05) is 68.4 Å². The van der Waals surface area contributed by atoms with Crippen LogP contribution in [0.3, 0.4) is 0 Å². The van der Waals surface area contributed by atoms with Crippen LogP contribution in [0.15, 0.2) is 152 Å². The molecule has 222 valence electrons. The Kier molecular flexibility index (Phi) is 5.81. The molecular formula is C43H25N5. The van der Waals surface area contributed by atoms with Crippen LogP contribution >= 0.6 is 0 Å². The fourth-order valence-corrected chi connectivity index (χ4v) is 7.26. The standard InChI is InChI=1S/C43H25N5/c1-3-14-33-31(12-1)32-13-2-4-15-34(32)39-38(33)36-16-5-6-17-37(36)48-40(39)27-9-7-10-28(23-27)43-46-24-29(25-47-43)30-20-22-45-42-35(30)19-18-26-11-8-21-44-41(26)42/h1-25H. The molecule has 0 N–H and O–H groups in total. The summed E-state index contributed by atoms with van der Waals surface area (Å²) < 4.78 is 0. The van der Waals surface area contributed by atoms with Crippen molar-refractivity contribution >= 4 is 65.0 Å². The van der Waals surface area contributed by atoms with Crippen LogP contribution in [0.4, 0.5) is 0 Å². The normalized spacial score (nSPS) is 11.8. The number of hydrogen-bond donors (Lipinski definition) is 0. The summed E-state index contributed by atoms with van der Waals surface area (Å²) in [5.41, 5.74) is 7.60. The van der Waals surface area contributed by atoms with Crippen molar-refractivity contribution in [2.75, 3.05) is 0 Å². The van der Waals surface area contributed by atoms with Crippen LogP contribution in [-0.4, -0.2) is 24.9 Å². The van der Waals surface area contributed by atoms with E-state index < -0.39 is 0 Å². The molecule has 6 aromatic carbocycles. The van der Waals surface area contributed by atoms with Gasteiger partial charge in [-0.3, -0.25) is 9.97 Å². The fraction of sp³-hybridized carbons (Fsp3) is 0. The van der Waals surface area contributed by atoms with Gasteiger partial charge in [-0.15, -0.1) is 0 Å². The summed E-state index contributed by atoms with van der Waals surface area (Å²) in [7, 11) is 0. The van der Waals surface area contributed by atoms with Gasteiger partial charge in [0.25, 0.3) is 0 Å². The molecule has 0 amide bonds. The lowest BCUT2D eigenvalue weighted by molar-refractivity contribution is 1.18. The van der Waals surface area contributed by atoms with Crippen LogP contribution in [0, 0.1) is 0 Å². The van der Waals surface area contributed by atoms with Gasteiger partial charge < -0.3 is 0 Å². The predicted octanol–water partition coefficient (Wildman–Crippen LogP) is 10.6. The molecule has 0 aliphatic carbocycles. The summed E-state index contributed by atoms with van der Waals surface area (Å²) in [6.45, 7) is 0. The molecule has 10 rings (SSSR count). The molecule has 5 heteroatoms. The molecule has 0 fully saturated rings. The molecule has 0 saturated carbocycles. The number of hydrogen-bond acceptors (Lipinski definition) is 5. The molecule has 4 heterocycles. The smallest absolute Gasteiger partial charge is 0.159 e. The van der Waals surface area contributed by atoms with Gasteiger partial charge >= 0.3 is 0 Å². The maximum atomic E-state index is 5.32. The minimum atomic E-state index is 0.659. The molecule has 0 radical (unpaired) electrons. The second-order valence-electron chi connectivity index (χ2n) is 12.1. The largest absolute Gasteiger partial charge is 0.254 e. The molecule has 0 spiro atoms. The molecule has 4 aromatic heterocycles. The third kappa shape index (κ3) is 4.01. The second kappa shape index (κ2) is 10.5. The highest BCUT2D eigenvalue weighted by atomic mass is 14.9. The summed E-state index contributed by atoms with van der Waals surface area (Å²) in [6, 6.07) is 44.5. The highest BCUT2D eigenvalue weighted by molar-refractivity contribution is 6.33. The number of aromatic nitrogens is 5. The van der Waals surface area contributed by atoms with Crippen LogP contribution in [0.1, 0.15) is 0 Å². The van der Waals surface area contributed by atoms with E-state index >= 15 is 0 Å². The van der Waals surface area contributed by atoms with E-state index in [9.17, 15) is 0 Å². The molecule has 0 saturated heterocycles. The lowest BCUT2D eigenvalue weighted by atomic mass is 9.90. The quantitative estimate of drug-likeness (QED) is 0.186. The molecule has 0 bridgehead atoms.